The molecule has 3 fully saturated rings. The number of alkyl halides is 2. The van der Waals surface area contributed by atoms with Crippen molar-refractivity contribution in [2.45, 2.75) is 115 Å². The number of allylic oxidation sites excluding steroid dienone is 2. The molecule has 4 heteroatoms. The fraction of sp³-hybridized carbons (Fsp3) is 0.719. The van der Waals surface area contributed by atoms with Gasteiger partial charge in [0.05, 0.1) is 5.56 Å². The van der Waals surface area contributed by atoms with Gasteiger partial charge in [0.15, 0.2) is 0 Å². The third kappa shape index (κ3) is 6.96. The molecule has 0 atom stereocenters. The predicted octanol–water partition coefficient (Wildman–Crippen LogP) is 9.97. The molecule has 1 nitrogen and oxygen atoms in total. The SMILES string of the molecule is CCC/C=C/C1CCC(C(F)(F)CC2CCC(C3CCC(c4ccc(C#N)c(F)c4)CC3)CC2)CC1. The van der Waals surface area contributed by atoms with Crippen LogP contribution < -0.4 is 0 Å². The van der Waals surface area contributed by atoms with E-state index in [-0.39, 0.29) is 17.9 Å². The molecule has 3 saturated carbocycles. The predicted molar refractivity (Wildman–Crippen MR) is 140 cm³/mol. The first-order chi connectivity index (χ1) is 17.4. The van der Waals surface area contributed by atoms with Gasteiger partial charge >= 0.3 is 0 Å². The summed E-state index contributed by atoms with van der Waals surface area (Å²) >= 11 is 0. The summed E-state index contributed by atoms with van der Waals surface area (Å²) < 4.78 is 44.4. The van der Waals surface area contributed by atoms with E-state index in [0.29, 0.717) is 36.5 Å². The van der Waals surface area contributed by atoms with Crippen LogP contribution in [0.5, 0.6) is 0 Å². The molecule has 0 N–H and O–H groups in total. The summed E-state index contributed by atoms with van der Waals surface area (Å²) in [6, 6.07) is 6.96. The van der Waals surface area contributed by atoms with Crippen molar-refractivity contribution < 1.29 is 13.2 Å². The van der Waals surface area contributed by atoms with Gasteiger partial charge < -0.3 is 0 Å². The molecule has 198 valence electrons. The van der Waals surface area contributed by atoms with Crippen molar-refractivity contribution in [3.8, 4) is 6.07 Å². The minimum Gasteiger partial charge on any atom is -0.207 e. The molecule has 3 aliphatic rings. The highest BCUT2D eigenvalue weighted by Crippen LogP contribution is 2.48. The van der Waals surface area contributed by atoms with E-state index in [1.807, 2.05) is 12.1 Å². The summed E-state index contributed by atoms with van der Waals surface area (Å²) in [7, 11) is 0. The molecule has 0 radical (unpaired) electrons. The van der Waals surface area contributed by atoms with Gasteiger partial charge in [-0.05, 0) is 131 Å². The van der Waals surface area contributed by atoms with Gasteiger partial charge in [0.1, 0.15) is 11.9 Å². The van der Waals surface area contributed by atoms with Gasteiger partial charge in [0.2, 0.25) is 0 Å². The topological polar surface area (TPSA) is 23.8 Å². The molecule has 0 aromatic heterocycles. The summed E-state index contributed by atoms with van der Waals surface area (Å²) in [5.74, 6) is -0.945. The molecule has 0 amide bonds. The quantitative estimate of drug-likeness (QED) is 0.326. The number of nitrogens with zero attached hydrogens (tertiary/aromatic N) is 1. The third-order valence-electron chi connectivity index (χ3n) is 9.71. The molecule has 1 aromatic carbocycles. The largest absolute Gasteiger partial charge is 0.251 e. The van der Waals surface area contributed by atoms with Gasteiger partial charge in [-0.25, -0.2) is 13.2 Å². The van der Waals surface area contributed by atoms with Crippen LogP contribution >= 0.6 is 0 Å². The van der Waals surface area contributed by atoms with E-state index < -0.39 is 17.7 Å². The Morgan fingerprint density at radius 1 is 0.917 bits per heavy atom. The fourth-order valence-corrected chi connectivity index (χ4v) is 7.40. The van der Waals surface area contributed by atoms with Crippen molar-refractivity contribution in [2.24, 2.45) is 29.6 Å². The Morgan fingerprint density at radius 3 is 2.14 bits per heavy atom. The lowest BCUT2D eigenvalue weighted by Gasteiger charge is -2.40. The maximum absolute atomic E-state index is 15.2. The Balaban J connectivity index is 1.19. The number of hydrogen-bond acceptors (Lipinski definition) is 1. The molecule has 0 unspecified atom stereocenters. The molecule has 4 rings (SSSR count). The van der Waals surface area contributed by atoms with E-state index >= 15 is 8.78 Å². The molecule has 3 aliphatic carbocycles. The molecule has 0 aliphatic heterocycles. The highest BCUT2D eigenvalue weighted by molar-refractivity contribution is 5.35. The van der Waals surface area contributed by atoms with E-state index in [1.54, 1.807) is 12.1 Å². The first kappa shape index (κ1) is 27.3. The van der Waals surface area contributed by atoms with E-state index in [2.05, 4.69) is 19.1 Å². The summed E-state index contributed by atoms with van der Waals surface area (Å²) in [5, 5.41) is 8.95. The standard InChI is InChI=1S/C32H44F3N/c1-2-3-4-5-23-8-18-30(19-9-23)32(34,35)21-24-6-10-25(11-7-24)26-12-14-27(15-13-26)28-16-17-29(22-36)31(33)20-28/h4-5,16-17,20,23-27,30H,2-3,6-15,18-19,21H2,1H3/b5-4+. The van der Waals surface area contributed by atoms with E-state index in [4.69, 9.17) is 5.26 Å². The zero-order valence-corrected chi connectivity index (χ0v) is 22.0. The maximum atomic E-state index is 15.2. The second-order valence-corrected chi connectivity index (χ2v) is 12.0. The molecule has 0 spiro atoms. The maximum Gasteiger partial charge on any atom is 0.251 e. The lowest BCUT2D eigenvalue weighted by molar-refractivity contribution is -0.0952. The summed E-state index contributed by atoms with van der Waals surface area (Å²) in [6.45, 7) is 2.17. The zero-order valence-electron chi connectivity index (χ0n) is 22.0. The van der Waals surface area contributed by atoms with E-state index in [9.17, 15) is 4.39 Å². The highest BCUT2D eigenvalue weighted by Gasteiger charge is 2.43. The summed E-state index contributed by atoms with van der Waals surface area (Å²) in [5.41, 5.74) is 1.13. The van der Waals surface area contributed by atoms with Gasteiger partial charge in [-0.2, -0.15) is 5.26 Å². The highest BCUT2D eigenvalue weighted by atomic mass is 19.3. The Kier molecular flexibility index (Phi) is 9.59. The molecule has 0 heterocycles. The minimum atomic E-state index is -2.51. The molecule has 0 bridgehead atoms. The van der Waals surface area contributed by atoms with Crippen LogP contribution in [-0.2, 0) is 0 Å². The number of halogens is 3. The first-order valence-corrected chi connectivity index (χ1v) is 14.6. The van der Waals surface area contributed by atoms with Crippen LogP contribution in [0.4, 0.5) is 13.2 Å². The Bertz CT molecular complexity index is 892. The molecule has 0 saturated heterocycles. The number of hydrogen-bond donors (Lipinski definition) is 0. The summed E-state index contributed by atoms with van der Waals surface area (Å²) in [4.78, 5) is 0. The lowest BCUT2D eigenvalue weighted by atomic mass is 9.67. The summed E-state index contributed by atoms with van der Waals surface area (Å²) in [6.07, 6.45) is 18.6. The second kappa shape index (κ2) is 12.7. The molecule has 1 aromatic rings. The van der Waals surface area contributed by atoms with Crippen LogP contribution in [-0.4, -0.2) is 5.92 Å². The smallest absolute Gasteiger partial charge is 0.207 e. The number of benzene rings is 1. The van der Waals surface area contributed by atoms with E-state index in [0.717, 1.165) is 82.6 Å². The third-order valence-corrected chi connectivity index (χ3v) is 9.71. The van der Waals surface area contributed by atoms with Crippen LogP contribution in [0.25, 0.3) is 0 Å². The van der Waals surface area contributed by atoms with Crippen molar-refractivity contribution in [1.29, 1.82) is 5.26 Å². The van der Waals surface area contributed by atoms with Crippen molar-refractivity contribution in [3.05, 3.63) is 47.3 Å². The molecular weight excluding hydrogens is 455 g/mol. The Labute approximate surface area is 216 Å². The Morgan fingerprint density at radius 2 is 1.56 bits per heavy atom. The van der Waals surface area contributed by atoms with Gasteiger partial charge in [-0.1, -0.05) is 31.6 Å². The minimum absolute atomic E-state index is 0.0950. The lowest BCUT2D eigenvalue weighted by Crippen LogP contribution is -2.35. The second-order valence-electron chi connectivity index (χ2n) is 12.0. The molecule has 36 heavy (non-hydrogen) atoms. The Hall–Kier alpha value is -1.76. The number of nitriles is 1. The first-order valence-electron chi connectivity index (χ1n) is 14.6. The average molecular weight is 500 g/mol. The van der Waals surface area contributed by atoms with Gasteiger partial charge in [0, 0.05) is 12.3 Å². The average Bonchev–Trinajstić information content (AvgIpc) is 2.89. The number of unbranched alkanes of at least 4 members (excludes halogenated alkanes) is 1. The monoisotopic (exact) mass is 499 g/mol. The van der Waals surface area contributed by atoms with Crippen molar-refractivity contribution >= 4 is 0 Å². The van der Waals surface area contributed by atoms with Crippen molar-refractivity contribution in [3.63, 3.8) is 0 Å². The zero-order chi connectivity index (χ0) is 25.5. The van der Waals surface area contributed by atoms with Crippen molar-refractivity contribution in [2.75, 3.05) is 0 Å². The van der Waals surface area contributed by atoms with Crippen LogP contribution in [0.3, 0.4) is 0 Å². The fourth-order valence-electron chi connectivity index (χ4n) is 7.40. The van der Waals surface area contributed by atoms with Crippen LogP contribution in [0, 0.1) is 46.7 Å². The van der Waals surface area contributed by atoms with Crippen LogP contribution in [0.2, 0.25) is 0 Å². The normalized spacial score (nSPS) is 31.9. The van der Waals surface area contributed by atoms with Crippen LogP contribution in [0.15, 0.2) is 30.4 Å². The van der Waals surface area contributed by atoms with Crippen LogP contribution in [0.1, 0.15) is 120 Å². The van der Waals surface area contributed by atoms with E-state index in [1.165, 1.54) is 0 Å². The van der Waals surface area contributed by atoms with Gasteiger partial charge in [-0.3, -0.25) is 0 Å². The van der Waals surface area contributed by atoms with Gasteiger partial charge in [-0.15, -0.1) is 0 Å². The number of rotatable bonds is 8. The molecular formula is C32H44F3N. The van der Waals surface area contributed by atoms with Crippen molar-refractivity contribution in [1.82, 2.24) is 0 Å². The van der Waals surface area contributed by atoms with Gasteiger partial charge in [0.25, 0.3) is 5.92 Å².